The van der Waals surface area contributed by atoms with Crippen LogP contribution in [0.3, 0.4) is 0 Å². The Morgan fingerprint density at radius 1 is 1.09 bits per heavy atom. The van der Waals surface area contributed by atoms with Gasteiger partial charge >= 0.3 is 0 Å². The van der Waals surface area contributed by atoms with Crippen molar-refractivity contribution in [2.45, 2.75) is 37.9 Å². The standard InChI is InChI=1S/C17H26O4S/c1-5-12(2)16(18)14(4)17(19)13(3)11-22(20,21)15-9-7-6-8-10-15/h5-10,12-14,16-19H,1,11H2,2-4H3/t12-,13+,14-,16-,17-/m0/s1. The third kappa shape index (κ3) is 4.66. The molecule has 0 radical (unpaired) electrons. The summed E-state index contributed by atoms with van der Waals surface area (Å²) in [6.45, 7) is 8.85. The smallest absolute Gasteiger partial charge is 0.178 e. The van der Waals surface area contributed by atoms with Crippen LogP contribution >= 0.6 is 0 Å². The van der Waals surface area contributed by atoms with Gasteiger partial charge in [0.2, 0.25) is 0 Å². The zero-order chi connectivity index (χ0) is 16.9. The molecule has 0 heterocycles. The molecule has 1 aromatic carbocycles. The van der Waals surface area contributed by atoms with Gasteiger partial charge < -0.3 is 10.2 Å². The first-order chi connectivity index (χ1) is 10.2. The first kappa shape index (κ1) is 18.9. The van der Waals surface area contributed by atoms with E-state index >= 15 is 0 Å². The molecule has 0 aliphatic carbocycles. The molecule has 0 bridgehead atoms. The minimum absolute atomic E-state index is 0.155. The molecule has 0 aromatic heterocycles. The van der Waals surface area contributed by atoms with Crippen LogP contribution in [0.25, 0.3) is 0 Å². The predicted molar refractivity (Wildman–Crippen MR) is 88.2 cm³/mol. The number of hydrogen-bond acceptors (Lipinski definition) is 4. The SMILES string of the molecule is C=C[C@H](C)[C@H](O)[C@H](C)[C@@H](O)[C@H](C)CS(=O)(=O)c1ccccc1. The number of rotatable bonds is 8. The Hall–Kier alpha value is -1.17. The Balaban J connectivity index is 2.79. The van der Waals surface area contributed by atoms with E-state index in [0.717, 1.165) is 0 Å². The van der Waals surface area contributed by atoms with Gasteiger partial charge in [-0.3, -0.25) is 0 Å². The van der Waals surface area contributed by atoms with E-state index in [-0.39, 0.29) is 16.6 Å². The van der Waals surface area contributed by atoms with Gasteiger partial charge in [-0.1, -0.05) is 45.0 Å². The average molecular weight is 326 g/mol. The topological polar surface area (TPSA) is 74.6 Å². The van der Waals surface area contributed by atoms with Crippen molar-refractivity contribution >= 4 is 9.84 Å². The molecule has 0 amide bonds. The number of aliphatic hydroxyl groups excluding tert-OH is 2. The summed E-state index contributed by atoms with van der Waals surface area (Å²) in [5.41, 5.74) is 0. The van der Waals surface area contributed by atoms with Gasteiger partial charge in [0.25, 0.3) is 0 Å². The molecule has 124 valence electrons. The van der Waals surface area contributed by atoms with Crippen molar-refractivity contribution in [2.75, 3.05) is 5.75 Å². The monoisotopic (exact) mass is 326 g/mol. The largest absolute Gasteiger partial charge is 0.392 e. The quantitative estimate of drug-likeness (QED) is 0.719. The molecule has 0 aliphatic heterocycles. The molecule has 0 saturated heterocycles. The van der Waals surface area contributed by atoms with E-state index in [0.29, 0.717) is 0 Å². The lowest BCUT2D eigenvalue weighted by atomic mass is 9.85. The fourth-order valence-electron chi connectivity index (χ4n) is 2.51. The van der Waals surface area contributed by atoms with Crippen LogP contribution in [0.5, 0.6) is 0 Å². The Morgan fingerprint density at radius 2 is 1.64 bits per heavy atom. The van der Waals surface area contributed by atoms with Gasteiger partial charge in [-0.2, -0.15) is 0 Å². The zero-order valence-electron chi connectivity index (χ0n) is 13.4. The van der Waals surface area contributed by atoms with Crippen LogP contribution < -0.4 is 0 Å². The molecule has 4 nitrogen and oxygen atoms in total. The molecular weight excluding hydrogens is 300 g/mol. The Morgan fingerprint density at radius 3 is 2.14 bits per heavy atom. The van der Waals surface area contributed by atoms with Gasteiger partial charge in [0.1, 0.15) is 0 Å². The van der Waals surface area contributed by atoms with Crippen molar-refractivity contribution in [1.29, 1.82) is 0 Å². The van der Waals surface area contributed by atoms with Crippen LogP contribution in [0.2, 0.25) is 0 Å². The Bertz CT molecular complexity index is 568. The summed E-state index contributed by atoms with van der Waals surface area (Å²) < 4.78 is 24.7. The van der Waals surface area contributed by atoms with Crippen molar-refractivity contribution in [3.63, 3.8) is 0 Å². The van der Waals surface area contributed by atoms with Crippen molar-refractivity contribution in [3.05, 3.63) is 43.0 Å². The molecule has 2 N–H and O–H groups in total. The van der Waals surface area contributed by atoms with Crippen LogP contribution in [0.15, 0.2) is 47.9 Å². The van der Waals surface area contributed by atoms with Gasteiger partial charge in [-0.25, -0.2) is 8.42 Å². The highest BCUT2D eigenvalue weighted by molar-refractivity contribution is 7.91. The molecule has 0 saturated carbocycles. The van der Waals surface area contributed by atoms with Crippen LogP contribution in [0.1, 0.15) is 20.8 Å². The summed E-state index contributed by atoms with van der Waals surface area (Å²) in [5, 5.41) is 20.5. The molecule has 22 heavy (non-hydrogen) atoms. The lowest BCUT2D eigenvalue weighted by Crippen LogP contribution is -2.39. The van der Waals surface area contributed by atoms with E-state index in [9.17, 15) is 18.6 Å². The van der Waals surface area contributed by atoms with Gasteiger partial charge in [0.05, 0.1) is 22.9 Å². The molecule has 0 aliphatic rings. The molecular formula is C17H26O4S. The summed E-state index contributed by atoms with van der Waals surface area (Å²) in [5.74, 6) is -1.24. The Labute approximate surface area is 133 Å². The lowest BCUT2D eigenvalue weighted by molar-refractivity contribution is -0.0159. The number of aliphatic hydroxyl groups is 2. The van der Waals surface area contributed by atoms with E-state index in [1.807, 2.05) is 6.92 Å². The van der Waals surface area contributed by atoms with Crippen LogP contribution in [0.4, 0.5) is 0 Å². The van der Waals surface area contributed by atoms with Crippen LogP contribution in [-0.2, 0) is 9.84 Å². The fraction of sp³-hybridized carbons (Fsp3) is 0.529. The molecule has 1 aromatic rings. The lowest BCUT2D eigenvalue weighted by Gasteiger charge is -2.30. The minimum Gasteiger partial charge on any atom is -0.392 e. The predicted octanol–water partition coefficient (Wildman–Crippen LogP) is 2.28. The fourth-order valence-corrected chi connectivity index (χ4v) is 4.16. The maximum Gasteiger partial charge on any atom is 0.178 e. The maximum atomic E-state index is 12.3. The van der Waals surface area contributed by atoms with E-state index in [1.165, 1.54) is 0 Å². The van der Waals surface area contributed by atoms with Crippen molar-refractivity contribution in [2.24, 2.45) is 17.8 Å². The molecule has 1 rings (SSSR count). The third-order valence-corrected chi connectivity index (χ3v) is 6.11. The maximum absolute atomic E-state index is 12.3. The molecule has 0 spiro atoms. The summed E-state index contributed by atoms with van der Waals surface area (Å²) >= 11 is 0. The second kappa shape index (κ2) is 7.90. The van der Waals surface area contributed by atoms with Gasteiger partial charge in [0, 0.05) is 11.8 Å². The van der Waals surface area contributed by atoms with Crippen molar-refractivity contribution in [3.8, 4) is 0 Å². The zero-order valence-corrected chi connectivity index (χ0v) is 14.2. The molecule has 0 fully saturated rings. The summed E-state index contributed by atoms with van der Waals surface area (Å²) in [6, 6.07) is 8.20. The third-order valence-electron chi connectivity index (χ3n) is 4.16. The minimum atomic E-state index is -3.45. The summed E-state index contributed by atoms with van der Waals surface area (Å²) in [4.78, 5) is 0.252. The second-order valence-corrected chi connectivity index (χ2v) is 8.04. The summed E-state index contributed by atoms with van der Waals surface area (Å²) in [7, 11) is -3.45. The first-order valence-corrected chi connectivity index (χ1v) is 9.12. The second-order valence-electron chi connectivity index (χ2n) is 6.01. The average Bonchev–Trinajstić information content (AvgIpc) is 2.52. The first-order valence-electron chi connectivity index (χ1n) is 7.47. The highest BCUT2D eigenvalue weighted by Gasteiger charge is 2.32. The highest BCUT2D eigenvalue weighted by Crippen LogP contribution is 2.24. The van der Waals surface area contributed by atoms with Crippen molar-refractivity contribution in [1.82, 2.24) is 0 Å². The van der Waals surface area contributed by atoms with E-state index in [4.69, 9.17) is 0 Å². The molecule has 5 heteroatoms. The summed E-state index contributed by atoms with van der Waals surface area (Å²) in [6.07, 6.45) is -0.0375. The van der Waals surface area contributed by atoms with Crippen LogP contribution in [-0.4, -0.2) is 36.6 Å². The Kier molecular flexibility index (Phi) is 6.78. The normalized spacial score (nSPS) is 19.0. The number of hydrogen-bond donors (Lipinski definition) is 2. The number of benzene rings is 1. The van der Waals surface area contributed by atoms with Crippen molar-refractivity contribution < 1.29 is 18.6 Å². The van der Waals surface area contributed by atoms with Gasteiger partial charge in [-0.05, 0) is 18.1 Å². The number of sulfone groups is 1. The molecule has 5 atom stereocenters. The molecule has 0 unspecified atom stereocenters. The van der Waals surface area contributed by atoms with E-state index in [1.54, 1.807) is 50.3 Å². The van der Waals surface area contributed by atoms with Gasteiger partial charge in [-0.15, -0.1) is 6.58 Å². The van der Waals surface area contributed by atoms with Gasteiger partial charge in [0.15, 0.2) is 9.84 Å². The highest BCUT2D eigenvalue weighted by atomic mass is 32.2. The van der Waals surface area contributed by atoms with E-state index in [2.05, 4.69) is 6.58 Å². The van der Waals surface area contributed by atoms with E-state index < -0.39 is 33.9 Å². The van der Waals surface area contributed by atoms with Crippen LogP contribution in [0, 0.1) is 17.8 Å².